The summed E-state index contributed by atoms with van der Waals surface area (Å²) in [5, 5.41) is 17.1. The second kappa shape index (κ2) is 6.19. The highest BCUT2D eigenvalue weighted by molar-refractivity contribution is 5.87. The lowest BCUT2D eigenvalue weighted by Gasteiger charge is -1.92. The normalized spacial score (nSPS) is 8.75. The monoisotopic (exact) mass is 217 g/mol. The van der Waals surface area contributed by atoms with Gasteiger partial charge in [-0.05, 0) is 36.4 Å². The molecular formula is C12H11NO3. The van der Waals surface area contributed by atoms with Gasteiger partial charge in [-0.25, -0.2) is 4.79 Å². The van der Waals surface area contributed by atoms with Crippen molar-refractivity contribution in [3.05, 3.63) is 60.4 Å². The summed E-state index contributed by atoms with van der Waals surface area (Å²) >= 11 is 0. The Labute approximate surface area is 92.8 Å². The Hall–Kier alpha value is -2.36. The first-order chi connectivity index (χ1) is 7.70. The summed E-state index contributed by atoms with van der Waals surface area (Å²) < 4.78 is 0. The number of aromatic hydroxyl groups is 1. The van der Waals surface area contributed by atoms with Crippen molar-refractivity contribution in [2.75, 3.05) is 0 Å². The Kier molecular flexibility index (Phi) is 4.53. The minimum absolute atomic E-state index is 0.0741. The molecule has 1 aromatic heterocycles. The van der Waals surface area contributed by atoms with Crippen LogP contribution in [0, 0.1) is 0 Å². The van der Waals surface area contributed by atoms with Crippen molar-refractivity contribution in [2.45, 2.75) is 0 Å². The third kappa shape index (κ3) is 4.23. The van der Waals surface area contributed by atoms with E-state index in [1.807, 2.05) is 18.2 Å². The molecule has 0 spiro atoms. The topological polar surface area (TPSA) is 70.4 Å². The number of carboxylic acid groups (broad SMARTS) is 1. The summed E-state index contributed by atoms with van der Waals surface area (Å²) in [4.78, 5) is 14.0. The van der Waals surface area contributed by atoms with Crippen LogP contribution >= 0.6 is 0 Å². The molecule has 2 rings (SSSR count). The van der Waals surface area contributed by atoms with E-state index >= 15 is 0 Å². The maximum Gasteiger partial charge on any atom is 0.335 e. The van der Waals surface area contributed by atoms with Gasteiger partial charge in [0, 0.05) is 12.4 Å². The lowest BCUT2D eigenvalue weighted by atomic mass is 10.2. The van der Waals surface area contributed by atoms with Crippen LogP contribution in [0.1, 0.15) is 10.4 Å². The first kappa shape index (κ1) is 11.7. The number of carbonyl (C=O) groups is 1. The van der Waals surface area contributed by atoms with E-state index in [4.69, 9.17) is 10.2 Å². The molecule has 0 aliphatic heterocycles. The van der Waals surface area contributed by atoms with Crippen LogP contribution in [0.4, 0.5) is 0 Å². The quantitative estimate of drug-likeness (QED) is 0.768. The molecule has 0 unspecified atom stereocenters. The van der Waals surface area contributed by atoms with Gasteiger partial charge in [0.1, 0.15) is 5.75 Å². The zero-order valence-corrected chi connectivity index (χ0v) is 8.45. The smallest absolute Gasteiger partial charge is 0.335 e. The summed E-state index contributed by atoms with van der Waals surface area (Å²) in [6.07, 6.45) is 3.50. The molecule has 1 aromatic carbocycles. The third-order valence-electron chi connectivity index (χ3n) is 1.68. The number of nitrogens with zero attached hydrogens (tertiary/aromatic N) is 1. The number of hydrogen-bond acceptors (Lipinski definition) is 3. The Morgan fingerprint density at radius 1 is 1.00 bits per heavy atom. The number of rotatable bonds is 1. The number of pyridine rings is 1. The number of benzene rings is 1. The number of phenols is 1. The Balaban J connectivity index is 0.000000181. The SMILES string of the molecule is O=C(O)c1ccc(O)cc1.c1ccncc1. The highest BCUT2D eigenvalue weighted by atomic mass is 16.4. The first-order valence-electron chi connectivity index (χ1n) is 4.57. The van der Waals surface area contributed by atoms with Gasteiger partial charge in [0.15, 0.2) is 0 Å². The molecule has 0 saturated heterocycles. The second-order valence-electron chi connectivity index (χ2n) is 2.88. The summed E-state index contributed by atoms with van der Waals surface area (Å²) in [5.74, 6) is -0.912. The highest BCUT2D eigenvalue weighted by Crippen LogP contribution is 2.08. The van der Waals surface area contributed by atoms with Crippen molar-refractivity contribution in [1.29, 1.82) is 0 Å². The molecular weight excluding hydrogens is 206 g/mol. The molecule has 16 heavy (non-hydrogen) atoms. The zero-order valence-electron chi connectivity index (χ0n) is 8.45. The van der Waals surface area contributed by atoms with Gasteiger partial charge >= 0.3 is 5.97 Å². The fraction of sp³-hybridized carbons (Fsp3) is 0. The molecule has 0 radical (unpaired) electrons. The van der Waals surface area contributed by atoms with E-state index in [0.29, 0.717) is 0 Å². The second-order valence-corrected chi connectivity index (χ2v) is 2.88. The van der Waals surface area contributed by atoms with E-state index < -0.39 is 5.97 Å². The highest BCUT2D eigenvalue weighted by Gasteiger charge is 1.99. The van der Waals surface area contributed by atoms with E-state index in [9.17, 15) is 4.79 Å². The average Bonchev–Trinajstić information content (AvgIpc) is 2.32. The molecule has 0 fully saturated rings. The minimum Gasteiger partial charge on any atom is -0.508 e. The average molecular weight is 217 g/mol. The predicted octanol–water partition coefficient (Wildman–Crippen LogP) is 2.17. The molecule has 0 bridgehead atoms. The van der Waals surface area contributed by atoms with Gasteiger partial charge in [0.2, 0.25) is 0 Å². The minimum atomic E-state index is -0.986. The Bertz CT molecular complexity index is 399. The van der Waals surface area contributed by atoms with Crippen LogP contribution in [0.3, 0.4) is 0 Å². The standard InChI is InChI=1S/C7H6O3.C5H5N/c8-6-3-1-5(2-4-6)7(9)10;1-2-4-6-5-3-1/h1-4,8H,(H,9,10);1-5H. The number of carboxylic acids is 1. The molecule has 4 heteroatoms. The van der Waals surface area contributed by atoms with Crippen molar-refractivity contribution in [3.63, 3.8) is 0 Å². The zero-order chi connectivity index (χ0) is 11.8. The predicted molar refractivity (Wildman–Crippen MR) is 59.3 cm³/mol. The van der Waals surface area contributed by atoms with Crippen LogP contribution in [0.15, 0.2) is 54.9 Å². The first-order valence-corrected chi connectivity index (χ1v) is 4.57. The maximum absolute atomic E-state index is 10.2. The molecule has 0 saturated carbocycles. The van der Waals surface area contributed by atoms with Crippen LogP contribution in [-0.4, -0.2) is 21.2 Å². The molecule has 1 heterocycles. The molecule has 2 N–H and O–H groups in total. The van der Waals surface area contributed by atoms with Crippen LogP contribution in [0.5, 0.6) is 5.75 Å². The Morgan fingerprint density at radius 3 is 1.88 bits per heavy atom. The van der Waals surface area contributed by atoms with Gasteiger partial charge < -0.3 is 10.2 Å². The van der Waals surface area contributed by atoms with Crippen molar-refractivity contribution in [1.82, 2.24) is 4.98 Å². The van der Waals surface area contributed by atoms with Gasteiger partial charge in [-0.15, -0.1) is 0 Å². The van der Waals surface area contributed by atoms with Crippen LogP contribution in [-0.2, 0) is 0 Å². The number of phenolic OH excluding ortho intramolecular Hbond substituents is 1. The number of hydrogen-bond donors (Lipinski definition) is 2. The van der Waals surface area contributed by atoms with Crippen molar-refractivity contribution in [3.8, 4) is 5.75 Å². The lowest BCUT2D eigenvalue weighted by Crippen LogP contribution is -1.93. The fourth-order valence-electron chi connectivity index (χ4n) is 0.917. The largest absolute Gasteiger partial charge is 0.508 e. The van der Waals surface area contributed by atoms with Gasteiger partial charge in [-0.2, -0.15) is 0 Å². The number of aromatic nitrogens is 1. The summed E-state index contributed by atoms with van der Waals surface area (Å²) in [5.41, 5.74) is 0.179. The molecule has 2 aromatic rings. The van der Waals surface area contributed by atoms with Gasteiger partial charge in [-0.1, -0.05) is 6.07 Å². The van der Waals surface area contributed by atoms with Crippen molar-refractivity contribution >= 4 is 5.97 Å². The summed E-state index contributed by atoms with van der Waals surface area (Å²) in [7, 11) is 0. The molecule has 0 atom stereocenters. The molecule has 0 aliphatic carbocycles. The third-order valence-corrected chi connectivity index (χ3v) is 1.68. The molecule has 82 valence electrons. The van der Waals surface area contributed by atoms with Gasteiger partial charge in [-0.3, -0.25) is 4.98 Å². The van der Waals surface area contributed by atoms with Crippen molar-refractivity contribution in [2.24, 2.45) is 0 Å². The Morgan fingerprint density at radius 2 is 1.56 bits per heavy atom. The summed E-state index contributed by atoms with van der Waals surface area (Å²) in [6, 6.07) is 11.1. The maximum atomic E-state index is 10.2. The molecule has 0 aliphatic rings. The lowest BCUT2D eigenvalue weighted by molar-refractivity contribution is 0.0697. The van der Waals surface area contributed by atoms with E-state index in [1.165, 1.54) is 24.3 Å². The van der Waals surface area contributed by atoms with E-state index in [2.05, 4.69) is 4.98 Å². The summed E-state index contributed by atoms with van der Waals surface area (Å²) in [6.45, 7) is 0. The molecule has 4 nitrogen and oxygen atoms in total. The van der Waals surface area contributed by atoms with E-state index in [0.717, 1.165) is 0 Å². The fourth-order valence-corrected chi connectivity index (χ4v) is 0.917. The van der Waals surface area contributed by atoms with Crippen LogP contribution in [0.2, 0.25) is 0 Å². The van der Waals surface area contributed by atoms with Crippen LogP contribution < -0.4 is 0 Å². The molecule has 0 amide bonds. The number of aromatic carboxylic acids is 1. The van der Waals surface area contributed by atoms with E-state index in [-0.39, 0.29) is 11.3 Å². The van der Waals surface area contributed by atoms with Gasteiger partial charge in [0.25, 0.3) is 0 Å². The van der Waals surface area contributed by atoms with Gasteiger partial charge in [0.05, 0.1) is 5.56 Å². The van der Waals surface area contributed by atoms with Crippen molar-refractivity contribution < 1.29 is 15.0 Å². The van der Waals surface area contributed by atoms with Crippen LogP contribution in [0.25, 0.3) is 0 Å². The van der Waals surface area contributed by atoms with E-state index in [1.54, 1.807) is 12.4 Å².